The molecule has 0 radical (unpaired) electrons. The van der Waals surface area contributed by atoms with Gasteiger partial charge in [0.2, 0.25) is 0 Å². The van der Waals surface area contributed by atoms with Crippen molar-refractivity contribution in [2.75, 3.05) is 5.48 Å². The summed E-state index contributed by atoms with van der Waals surface area (Å²) in [7, 11) is 0. The van der Waals surface area contributed by atoms with Crippen molar-refractivity contribution in [3.05, 3.63) is 33.4 Å². The molecule has 126 valence electrons. The predicted octanol–water partition coefficient (Wildman–Crippen LogP) is 4.62. The quantitative estimate of drug-likeness (QED) is 0.408. The van der Waals surface area contributed by atoms with Crippen molar-refractivity contribution in [1.29, 1.82) is 0 Å². The summed E-state index contributed by atoms with van der Waals surface area (Å²) in [6.07, 6.45) is 6.49. The molecule has 1 aromatic carbocycles. The van der Waals surface area contributed by atoms with Crippen LogP contribution in [0.4, 0.5) is 11.4 Å². The monoisotopic (exact) mass is 320 g/mol. The summed E-state index contributed by atoms with van der Waals surface area (Å²) in [5.74, 6) is 0.0880. The highest BCUT2D eigenvalue weighted by Crippen LogP contribution is 2.44. The Hall–Kier alpha value is -2.11. The van der Waals surface area contributed by atoms with Crippen LogP contribution in [0, 0.1) is 17.0 Å². The molecule has 0 atom stereocenters. The summed E-state index contributed by atoms with van der Waals surface area (Å²) in [4.78, 5) is 27.4. The van der Waals surface area contributed by atoms with Crippen molar-refractivity contribution in [1.82, 2.24) is 0 Å². The van der Waals surface area contributed by atoms with E-state index in [1.807, 2.05) is 6.92 Å². The number of carbonyl (C=O) groups excluding carboxylic acids is 1. The van der Waals surface area contributed by atoms with Gasteiger partial charge in [0.15, 0.2) is 0 Å². The Labute approximate surface area is 136 Å². The van der Waals surface area contributed by atoms with Crippen LogP contribution in [0.1, 0.15) is 68.9 Å². The molecule has 1 aliphatic rings. The number of nitrogens with zero attached hydrogens (tertiary/aromatic N) is 1. The molecule has 0 bridgehead atoms. The van der Waals surface area contributed by atoms with Crippen LogP contribution in [0.15, 0.2) is 12.1 Å². The van der Waals surface area contributed by atoms with Gasteiger partial charge in [-0.2, -0.15) is 0 Å². The molecule has 1 aliphatic carbocycles. The third-order valence-electron chi connectivity index (χ3n) is 4.11. The Morgan fingerprint density at radius 1 is 1.35 bits per heavy atom. The van der Waals surface area contributed by atoms with Gasteiger partial charge in [-0.1, -0.05) is 26.2 Å². The van der Waals surface area contributed by atoms with Crippen LogP contribution in [-0.2, 0) is 9.63 Å². The molecule has 6 nitrogen and oxygen atoms in total. The maximum absolute atomic E-state index is 11.7. The first-order valence-corrected chi connectivity index (χ1v) is 8.27. The molecule has 2 rings (SSSR count). The Balaban J connectivity index is 1.98. The molecule has 1 saturated carbocycles. The van der Waals surface area contributed by atoms with Gasteiger partial charge in [-0.05, 0) is 49.3 Å². The highest BCUT2D eigenvalue weighted by molar-refractivity contribution is 5.72. The average Bonchev–Trinajstić information content (AvgIpc) is 3.34. The third-order valence-corrected chi connectivity index (χ3v) is 4.11. The van der Waals surface area contributed by atoms with Crippen molar-refractivity contribution in [2.45, 2.75) is 64.7 Å². The largest absolute Gasteiger partial charge is 0.343 e. The number of nitro groups is 1. The number of hydrogen-bond acceptors (Lipinski definition) is 5. The number of nitrogens with one attached hydrogen (secondary N) is 1. The lowest BCUT2D eigenvalue weighted by molar-refractivity contribution is -0.384. The fourth-order valence-electron chi connectivity index (χ4n) is 2.64. The average molecular weight is 320 g/mol. The minimum absolute atomic E-state index is 0.0642. The zero-order valence-electron chi connectivity index (χ0n) is 13.8. The van der Waals surface area contributed by atoms with Crippen LogP contribution in [0.5, 0.6) is 0 Å². The zero-order chi connectivity index (χ0) is 16.8. The fourth-order valence-corrected chi connectivity index (χ4v) is 2.64. The molecule has 6 heteroatoms. The van der Waals surface area contributed by atoms with Crippen LogP contribution < -0.4 is 5.48 Å². The second kappa shape index (κ2) is 7.94. The summed E-state index contributed by atoms with van der Waals surface area (Å²) < 4.78 is 0. The van der Waals surface area contributed by atoms with Crippen LogP contribution >= 0.6 is 0 Å². The number of anilines is 1. The fraction of sp³-hybridized carbons (Fsp3) is 0.588. The smallest absolute Gasteiger partial charge is 0.332 e. The molecule has 0 spiro atoms. The first-order valence-electron chi connectivity index (χ1n) is 8.27. The first-order chi connectivity index (χ1) is 11.0. The Kier molecular flexibility index (Phi) is 5.96. The predicted molar refractivity (Wildman–Crippen MR) is 88.3 cm³/mol. The van der Waals surface area contributed by atoms with E-state index in [0.717, 1.165) is 49.7 Å². The van der Waals surface area contributed by atoms with Gasteiger partial charge in [-0.25, -0.2) is 10.3 Å². The van der Waals surface area contributed by atoms with E-state index in [4.69, 9.17) is 4.84 Å². The lowest BCUT2D eigenvalue weighted by Crippen LogP contribution is -2.12. The molecule has 0 saturated heterocycles. The SMILES string of the molecule is CCCCCCC(=O)ONc1cc(C2CC2)c(C)cc1[N+](=O)[O-]. The normalized spacial score (nSPS) is 13.7. The highest BCUT2D eigenvalue weighted by Gasteiger charge is 2.28. The molecule has 1 fully saturated rings. The molecular weight excluding hydrogens is 296 g/mol. The van der Waals surface area contributed by atoms with Crippen molar-refractivity contribution in [2.24, 2.45) is 0 Å². The van der Waals surface area contributed by atoms with Crippen LogP contribution in [0.3, 0.4) is 0 Å². The standard InChI is InChI=1S/C17H24N2O4/c1-3-4-5-6-7-17(20)23-18-15-11-14(13-8-9-13)12(2)10-16(15)19(21)22/h10-11,13,18H,3-9H2,1-2H3. The summed E-state index contributed by atoms with van der Waals surface area (Å²) >= 11 is 0. The van der Waals surface area contributed by atoms with Gasteiger partial charge in [0.25, 0.3) is 5.69 Å². The molecule has 0 aromatic heterocycles. The first kappa shape index (κ1) is 17.2. The molecule has 0 heterocycles. The maximum atomic E-state index is 11.7. The van der Waals surface area contributed by atoms with Gasteiger partial charge < -0.3 is 4.84 Å². The van der Waals surface area contributed by atoms with E-state index >= 15 is 0 Å². The molecule has 0 unspecified atom stereocenters. The summed E-state index contributed by atoms with van der Waals surface area (Å²) in [5, 5.41) is 11.2. The molecule has 1 N–H and O–H groups in total. The van der Waals surface area contributed by atoms with Gasteiger partial charge in [0.05, 0.1) is 4.92 Å². The number of benzene rings is 1. The number of nitro benzene ring substituents is 1. The minimum atomic E-state index is -0.457. The third kappa shape index (κ3) is 4.94. The van der Waals surface area contributed by atoms with Crippen LogP contribution in [0.2, 0.25) is 0 Å². The molecule has 23 heavy (non-hydrogen) atoms. The van der Waals surface area contributed by atoms with Crippen molar-refractivity contribution in [3.63, 3.8) is 0 Å². The number of rotatable bonds is 9. The zero-order valence-corrected chi connectivity index (χ0v) is 13.8. The summed E-state index contributed by atoms with van der Waals surface area (Å²) in [6, 6.07) is 3.29. The van der Waals surface area contributed by atoms with Crippen molar-refractivity contribution >= 4 is 17.3 Å². The van der Waals surface area contributed by atoms with E-state index in [2.05, 4.69) is 12.4 Å². The van der Waals surface area contributed by atoms with E-state index in [1.54, 1.807) is 12.1 Å². The van der Waals surface area contributed by atoms with Gasteiger partial charge in [-0.15, -0.1) is 0 Å². The van der Waals surface area contributed by atoms with Gasteiger partial charge in [0, 0.05) is 12.5 Å². The summed E-state index contributed by atoms with van der Waals surface area (Å²) in [5.41, 5.74) is 4.69. The number of carbonyl (C=O) groups is 1. The van der Waals surface area contributed by atoms with E-state index in [-0.39, 0.29) is 17.3 Å². The van der Waals surface area contributed by atoms with E-state index in [1.165, 1.54) is 0 Å². The van der Waals surface area contributed by atoms with Crippen LogP contribution in [-0.4, -0.2) is 10.9 Å². The second-order valence-corrected chi connectivity index (χ2v) is 6.14. The Morgan fingerprint density at radius 3 is 2.70 bits per heavy atom. The number of hydrogen-bond donors (Lipinski definition) is 1. The topological polar surface area (TPSA) is 81.5 Å². The maximum Gasteiger partial charge on any atom is 0.332 e. The van der Waals surface area contributed by atoms with Gasteiger partial charge >= 0.3 is 5.97 Å². The molecular formula is C17H24N2O4. The molecule has 0 aliphatic heterocycles. The van der Waals surface area contributed by atoms with Gasteiger partial charge in [0.1, 0.15) is 5.69 Å². The molecule has 0 amide bonds. The lowest BCUT2D eigenvalue weighted by atomic mass is 10.0. The summed E-state index contributed by atoms with van der Waals surface area (Å²) in [6.45, 7) is 3.98. The van der Waals surface area contributed by atoms with E-state index in [9.17, 15) is 14.9 Å². The van der Waals surface area contributed by atoms with Crippen LogP contribution in [0.25, 0.3) is 0 Å². The van der Waals surface area contributed by atoms with Crippen molar-refractivity contribution < 1.29 is 14.6 Å². The number of unbranched alkanes of at least 4 members (excludes halogenated alkanes) is 3. The molecule has 1 aromatic rings. The number of aryl methyl sites for hydroxylation is 1. The minimum Gasteiger partial charge on any atom is -0.343 e. The highest BCUT2D eigenvalue weighted by atomic mass is 16.7. The van der Waals surface area contributed by atoms with Gasteiger partial charge in [-0.3, -0.25) is 10.1 Å². The Morgan fingerprint density at radius 2 is 2.09 bits per heavy atom. The van der Waals surface area contributed by atoms with Crippen molar-refractivity contribution in [3.8, 4) is 0 Å². The van der Waals surface area contributed by atoms with E-state index < -0.39 is 4.92 Å². The van der Waals surface area contributed by atoms with E-state index in [0.29, 0.717) is 12.3 Å². The second-order valence-electron chi connectivity index (χ2n) is 6.14. The Bertz CT molecular complexity index is 582. The lowest BCUT2D eigenvalue weighted by Gasteiger charge is -2.11.